The van der Waals surface area contributed by atoms with Crippen molar-refractivity contribution in [2.75, 3.05) is 6.54 Å². The first-order chi connectivity index (χ1) is 7.56. The SMILES string of the molecule is CCCCCC1(C)C(N)=NC(=O)N1CCC. The number of carbonyl (C=O) groups is 1. The number of rotatable bonds is 6. The lowest BCUT2D eigenvalue weighted by Crippen LogP contribution is -2.52. The second-order valence-corrected chi connectivity index (χ2v) is 4.66. The monoisotopic (exact) mass is 225 g/mol. The summed E-state index contributed by atoms with van der Waals surface area (Å²) in [5.41, 5.74) is 5.55. The Labute approximate surface area is 97.9 Å². The van der Waals surface area contributed by atoms with E-state index in [1.807, 2.05) is 11.8 Å². The fraction of sp³-hybridized carbons (Fsp3) is 0.833. The van der Waals surface area contributed by atoms with Gasteiger partial charge in [0, 0.05) is 6.54 Å². The van der Waals surface area contributed by atoms with Crippen molar-refractivity contribution in [3.63, 3.8) is 0 Å². The summed E-state index contributed by atoms with van der Waals surface area (Å²) in [5, 5.41) is 0. The van der Waals surface area contributed by atoms with Crippen molar-refractivity contribution in [1.82, 2.24) is 4.90 Å². The molecule has 1 atom stereocenters. The van der Waals surface area contributed by atoms with Gasteiger partial charge in [-0.05, 0) is 19.8 Å². The number of amidine groups is 1. The minimum Gasteiger partial charge on any atom is -0.385 e. The molecular weight excluding hydrogens is 202 g/mol. The summed E-state index contributed by atoms with van der Waals surface area (Å²) in [6.45, 7) is 7.01. The second kappa shape index (κ2) is 5.32. The molecule has 0 aromatic carbocycles. The molecular formula is C12H23N3O. The van der Waals surface area contributed by atoms with Gasteiger partial charge >= 0.3 is 6.03 Å². The molecule has 0 bridgehead atoms. The summed E-state index contributed by atoms with van der Waals surface area (Å²) >= 11 is 0. The number of nitrogens with two attached hydrogens (primary N) is 1. The van der Waals surface area contributed by atoms with Crippen molar-refractivity contribution in [2.45, 2.75) is 58.4 Å². The van der Waals surface area contributed by atoms with Gasteiger partial charge in [-0.15, -0.1) is 0 Å². The van der Waals surface area contributed by atoms with E-state index in [9.17, 15) is 4.79 Å². The van der Waals surface area contributed by atoms with Gasteiger partial charge in [0.25, 0.3) is 0 Å². The van der Waals surface area contributed by atoms with Crippen LogP contribution in [0, 0.1) is 0 Å². The first-order valence-corrected chi connectivity index (χ1v) is 6.22. The minimum atomic E-state index is -0.345. The topological polar surface area (TPSA) is 58.7 Å². The Hall–Kier alpha value is -1.06. The van der Waals surface area contributed by atoms with Gasteiger partial charge in [-0.3, -0.25) is 0 Å². The highest BCUT2D eigenvalue weighted by Gasteiger charge is 2.43. The predicted molar refractivity (Wildman–Crippen MR) is 66.6 cm³/mol. The molecule has 1 rings (SSSR count). The summed E-state index contributed by atoms with van der Waals surface area (Å²) < 4.78 is 0. The lowest BCUT2D eigenvalue weighted by molar-refractivity contribution is 0.172. The van der Waals surface area contributed by atoms with E-state index in [-0.39, 0.29) is 11.6 Å². The van der Waals surface area contributed by atoms with Gasteiger partial charge in [0.2, 0.25) is 0 Å². The molecule has 0 radical (unpaired) electrons. The zero-order chi connectivity index (χ0) is 12.2. The lowest BCUT2D eigenvalue weighted by Gasteiger charge is -2.34. The molecule has 0 spiro atoms. The number of amides is 2. The third kappa shape index (κ3) is 2.36. The summed E-state index contributed by atoms with van der Waals surface area (Å²) in [6, 6.07) is -0.168. The molecule has 0 aromatic heterocycles. The molecule has 16 heavy (non-hydrogen) atoms. The summed E-state index contributed by atoms with van der Waals surface area (Å²) in [6.07, 6.45) is 5.31. The van der Waals surface area contributed by atoms with E-state index >= 15 is 0 Å². The quantitative estimate of drug-likeness (QED) is 0.706. The summed E-state index contributed by atoms with van der Waals surface area (Å²) in [4.78, 5) is 17.4. The molecule has 0 saturated heterocycles. The second-order valence-electron chi connectivity index (χ2n) is 4.66. The van der Waals surface area contributed by atoms with E-state index in [0.717, 1.165) is 25.8 Å². The molecule has 1 heterocycles. The first kappa shape index (κ1) is 13.0. The normalized spacial score (nSPS) is 25.1. The largest absolute Gasteiger partial charge is 0.385 e. The number of hydrogen-bond donors (Lipinski definition) is 1. The minimum absolute atomic E-state index is 0.168. The van der Waals surface area contributed by atoms with Crippen LogP contribution < -0.4 is 5.73 Å². The van der Waals surface area contributed by atoms with Crippen LogP contribution in [0.2, 0.25) is 0 Å². The van der Waals surface area contributed by atoms with E-state index in [1.54, 1.807) is 0 Å². The van der Waals surface area contributed by atoms with Gasteiger partial charge < -0.3 is 10.6 Å². The Morgan fingerprint density at radius 3 is 2.56 bits per heavy atom. The number of unbranched alkanes of at least 4 members (excludes halogenated alkanes) is 2. The highest BCUT2D eigenvalue weighted by Crippen LogP contribution is 2.28. The van der Waals surface area contributed by atoms with Gasteiger partial charge in [0.05, 0.1) is 5.54 Å². The van der Waals surface area contributed by atoms with Crippen LogP contribution in [0.25, 0.3) is 0 Å². The third-order valence-corrected chi connectivity index (χ3v) is 3.31. The van der Waals surface area contributed by atoms with Gasteiger partial charge in [0.1, 0.15) is 5.84 Å². The summed E-state index contributed by atoms with van der Waals surface area (Å²) in [7, 11) is 0. The highest BCUT2D eigenvalue weighted by molar-refractivity contribution is 6.05. The van der Waals surface area contributed by atoms with E-state index in [0.29, 0.717) is 5.84 Å². The molecule has 0 saturated carbocycles. The molecule has 92 valence electrons. The molecule has 4 heteroatoms. The van der Waals surface area contributed by atoms with Crippen LogP contribution in [0.3, 0.4) is 0 Å². The molecule has 2 amide bonds. The molecule has 1 aliphatic heterocycles. The molecule has 2 N–H and O–H groups in total. The molecule has 1 unspecified atom stereocenters. The molecule has 1 aliphatic rings. The number of aliphatic imine (C=N–C) groups is 1. The highest BCUT2D eigenvalue weighted by atomic mass is 16.2. The van der Waals surface area contributed by atoms with Gasteiger partial charge in [-0.1, -0.05) is 33.1 Å². The van der Waals surface area contributed by atoms with Gasteiger partial charge in [-0.25, -0.2) is 4.79 Å². The molecule has 4 nitrogen and oxygen atoms in total. The van der Waals surface area contributed by atoms with Crippen LogP contribution in [0.15, 0.2) is 4.99 Å². The fourth-order valence-electron chi connectivity index (χ4n) is 2.18. The Morgan fingerprint density at radius 2 is 2.00 bits per heavy atom. The maximum Gasteiger partial charge on any atom is 0.346 e. The fourth-order valence-corrected chi connectivity index (χ4v) is 2.18. The van der Waals surface area contributed by atoms with E-state index < -0.39 is 0 Å². The van der Waals surface area contributed by atoms with Gasteiger partial charge in [-0.2, -0.15) is 4.99 Å². The lowest BCUT2D eigenvalue weighted by atomic mass is 9.92. The van der Waals surface area contributed by atoms with Crippen LogP contribution in [0.1, 0.15) is 52.9 Å². The predicted octanol–water partition coefficient (Wildman–Crippen LogP) is 2.53. The third-order valence-electron chi connectivity index (χ3n) is 3.31. The number of carbonyl (C=O) groups excluding carboxylic acids is 1. The van der Waals surface area contributed by atoms with Crippen molar-refractivity contribution in [3.05, 3.63) is 0 Å². The first-order valence-electron chi connectivity index (χ1n) is 6.22. The Balaban J connectivity index is 2.72. The van der Waals surface area contributed by atoms with Crippen LogP contribution in [0.5, 0.6) is 0 Å². The average Bonchev–Trinajstić information content (AvgIpc) is 2.44. The Morgan fingerprint density at radius 1 is 1.31 bits per heavy atom. The molecule has 0 aromatic rings. The van der Waals surface area contributed by atoms with Crippen LogP contribution in [-0.4, -0.2) is 28.9 Å². The van der Waals surface area contributed by atoms with Crippen molar-refractivity contribution >= 4 is 11.9 Å². The standard InChI is InChI=1S/C12H23N3O/c1-4-6-7-8-12(3)10(13)14-11(16)15(12)9-5-2/h4-9H2,1-3H3,(H2,13,14,16). The number of hydrogen-bond acceptors (Lipinski definition) is 2. The Bertz CT molecular complexity index is 288. The van der Waals surface area contributed by atoms with Crippen molar-refractivity contribution in [2.24, 2.45) is 10.7 Å². The van der Waals surface area contributed by atoms with Crippen molar-refractivity contribution in [1.29, 1.82) is 0 Å². The zero-order valence-corrected chi connectivity index (χ0v) is 10.6. The van der Waals surface area contributed by atoms with E-state index in [1.165, 1.54) is 12.8 Å². The molecule has 0 fully saturated rings. The van der Waals surface area contributed by atoms with E-state index in [2.05, 4.69) is 18.8 Å². The van der Waals surface area contributed by atoms with Crippen molar-refractivity contribution < 1.29 is 4.79 Å². The zero-order valence-electron chi connectivity index (χ0n) is 10.6. The smallest absolute Gasteiger partial charge is 0.346 e. The maximum absolute atomic E-state index is 11.7. The molecule has 0 aliphatic carbocycles. The Kier molecular flexibility index (Phi) is 4.33. The van der Waals surface area contributed by atoms with E-state index in [4.69, 9.17) is 5.73 Å². The average molecular weight is 225 g/mol. The number of nitrogens with zero attached hydrogens (tertiary/aromatic N) is 2. The van der Waals surface area contributed by atoms with Crippen LogP contribution in [-0.2, 0) is 0 Å². The maximum atomic E-state index is 11.7. The van der Waals surface area contributed by atoms with Crippen molar-refractivity contribution in [3.8, 4) is 0 Å². The van der Waals surface area contributed by atoms with Crippen LogP contribution in [0.4, 0.5) is 4.79 Å². The number of urea groups is 1. The van der Waals surface area contributed by atoms with Crippen LogP contribution >= 0.6 is 0 Å². The summed E-state index contributed by atoms with van der Waals surface area (Å²) in [5.74, 6) is 0.488. The van der Waals surface area contributed by atoms with Gasteiger partial charge in [0.15, 0.2) is 0 Å².